The molecule has 0 saturated heterocycles. The Balaban J connectivity index is 1.26. The van der Waals surface area contributed by atoms with E-state index in [4.69, 9.17) is 23.7 Å². The van der Waals surface area contributed by atoms with Crippen molar-refractivity contribution in [2.24, 2.45) is 0 Å². The van der Waals surface area contributed by atoms with Crippen molar-refractivity contribution in [1.29, 1.82) is 0 Å². The van der Waals surface area contributed by atoms with Crippen molar-refractivity contribution in [3.05, 3.63) is 68.5 Å². The summed E-state index contributed by atoms with van der Waals surface area (Å²) in [4.78, 5) is 57.0. The highest BCUT2D eigenvalue weighted by Gasteiger charge is 2.30. The van der Waals surface area contributed by atoms with Crippen LogP contribution in [-0.2, 0) is 36.9 Å². The highest BCUT2D eigenvalue weighted by atomic mass is 32.1. The van der Waals surface area contributed by atoms with Crippen LogP contribution in [0.3, 0.4) is 0 Å². The van der Waals surface area contributed by atoms with E-state index in [1.54, 1.807) is 45.8 Å². The Kier molecular flexibility index (Phi) is 13.8. The van der Waals surface area contributed by atoms with Crippen LogP contribution in [0.25, 0.3) is 0 Å². The highest BCUT2D eigenvalue weighted by molar-refractivity contribution is 7.10. The summed E-state index contributed by atoms with van der Waals surface area (Å²) in [5.74, 6) is 0.0991. The van der Waals surface area contributed by atoms with E-state index < -0.39 is 36.5 Å². The summed E-state index contributed by atoms with van der Waals surface area (Å²) in [7, 11) is 0. The van der Waals surface area contributed by atoms with E-state index in [2.05, 4.69) is 10.6 Å². The minimum atomic E-state index is -1.21. The lowest BCUT2D eigenvalue weighted by molar-refractivity contribution is -0.169. The fraction of sp³-hybridized carbons (Fsp3) is 0.500. The lowest BCUT2D eigenvalue weighted by Crippen LogP contribution is -2.51. The average Bonchev–Trinajstić information content (AvgIpc) is 3.90. The Labute approximate surface area is 300 Å². The second-order valence-electron chi connectivity index (χ2n) is 12.3. The molecule has 2 aliphatic rings. The normalized spacial score (nSPS) is 15.7. The van der Waals surface area contributed by atoms with E-state index >= 15 is 0 Å². The third-order valence-electron chi connectivity index (χ3n) is 8.46. The molecule has 1 fully saturated rings. The molecule has 2 aromatic heterocycles. The van der Waals surface area contributed by atoms with Gasteiger partial charge in [0.15, 0.2) is 11.5 Å². The summed E-state index contributed by atoms with van der Waals surface area (Å²) in [6, 6.07) is 10.7. The zero-order valence-corrected chi connectivity index (χ0v) is 30.1. The molecule has 3 aromatic rings. The van der Waals surface area contributed by atoms with Gasteiger partial charge in [0.25, 0.3) is 0 Å². The molecular weight excluding hydrogens is 683 g/mol. The van der Waals surface area contributed by atoms with Gasteiger partial charge in [-0.3, -0.25) is 9.59 Å². The van der Waals surface area contributed by atoms with E-state index in [1.165, 1.54) is 6.92 Å². The molecule has 14 heteroatoms. The summed E-state index contributed by atoms with van der Waals surface area (Å²) in [6.45, 7) is 4.34. The van der Waals surface area contributed by atoms with Crippen LogP contribution in [0.4, 0.5) is 9.59 Å². The molecular formula is C36H45N3O9S2. The number of urea groups is 1. The Morgan fingerprint density at radius 1 is 0.920 bits per heavy atom. The van der Waals surface area contributed by atoms with Gasteiger partial charge in [-0.1, -0.05) is 44.4 Å². The first kappa shape index (κ1) is 37.0. The summed E-state index contributed by atoms with van der Waals surface area (Å²) in [5.41, 5.74) is 0.556. The number of amides is 3. The topological polar surface area (TPSA) is 142 Å². The molecule has 3 amide bonds. The average molecular weight is 728 g/mol. The molecule has 1 saturated carbocycles. The number of unbranched alkanes of at least 4 members (excludes halogenated alkanes) is 1. The van der Waals surface area contributed by atoms with Gasteiger partial charge in [0.2, 0.25) is 19.0 Å². The summed E-state index contributed by atoms with van der Waals surface area (Å²) < 4.78 is 26.9. The fourth-order valence-electron chi connectivity index (χ4n) is 5.93. The molecule has 3 heterocycles. The van der Waals surface area contributed by atoms with Crippen molar-refractivity contribution in [3.63, 3.8) is 0 Å². The van der Waals surface area contributed by atoms with Crippen molar-refractivity contribution >= 4 is 46.7 Å². The zero-order chi connectivity index (χ0) is 35.3. The first-order valence-electron chi connectivity index (χ1n) is 17.1. The van der Waals surface area contributed by atoms with Gasteiger partial charge in [0, 0.05) is 16.7 Å². The number of fused-ring (bicyclic) bond motifs is 1. The maximum Gasteiger partial charge on any atom is 0.511 e. The van der Waals surface area contributed by atoms with Gasteiger partial charge in [0.1, 0.15) is 12.1 Å². The van der Waals surface area contributed by atoms with Crippen molar-refractivity contribution in [2.45, 2.75) is 109 Å². The van der Waals surface area contributed by atoms with Gasteiger partial charge in [0.05, 0.1) is 25.6 Å². The molecule has 5 rings (SSSR count). The van der Waals surface area contributed by atoms with Crippen LogP contribution in [0.5, 0.6) is 11.5 Å². The molecule has 0 bridgehead atoms. The summed E-state index contributed by atoms with van der Waals surface area (Å²) in [6.07, 6.45) is 4.04. The van der Waals surface area contributed by atoms with E-state index in [-0.39, 0.29) is 25.2 Å². The SMILES string of the molecule is CCCC[C@H](NC(=O)N[C@@H](CC(=O)OC(C)OC(=O)OC1CCCCC1)c1ccc2c(c1)OCO2)C(=O)N(Cc1cccs1)Cc1cccs1. The molecule has 0 radical (unpaired) electrons. The Hall–Kier alpha value is -4.30. The highest BCUT2D eigenvalue weighted by Crippen LogP contribution is 2.35. The van der Waals surface area contributed by atoms with E-state index in [9.17, 15) is 19.2 Å². The number of hydrogen-bond donors (Lipinski definition) is 2. The predicted molar refractivity (Wildman–Crippen MR) is 188 cm³/mol. The van der Waals surface area contributed by atoms with Crippen LogP contribution in [0, 0.1) is 0 Å². The first-order chi connectivity index (χ1) is 24.3. The van der Waals surface area contributed by atoms with E-state index in [0.717, 1.165) is 54.7 Å². The van der Waals surface area contributed by atoms with Gasteiger partial charge >= 0.3 is 18.2 Å². The number of carbonyl (C=O) groups excluding carboxylic acids is 4. The van der Waals surface area contributed by atoms with Crippen LogP contribution >= 0.6 is 22.7 Å². The van der Waals surface area contributed by atoms with Crippen LogP contribution in [0.1, 0.15) is 93.0 Å². The molecule has 1 aliphatic heterocycles. The molecule has 50 heavy (non-hydrogen) atoms. The molecule has 2 N–H and O–H groups in total. The number of nitrogens with one attached hydrogen (secondary N) is 2. The standard InChI is InChI=1S/C36H45N3O9S2/c1-3-4-14-29(34(41)39(21-27-12-8-17-49-27)22-28-13-9-18-50-28)37-35(42)38-30(25-15-16-31-32(19-25)45-23-44-31)20-33(40)46-24(2)47-36(43)48-26-10-6-5-7-11-26/h8-9,12-13,15-19,24,26,29-30H,3-7,10-11,14,20-23H2,1-2H3,(H2,37,38,42)/t24?,29-,30-/m0/s1. The van der Waals surface area contributed by atoms with Crippen molar-refractivity contribution in [1.82, 2.24) is 15.5 Å². The van der Waals surface area contributed by atoms with Gasteiger partial charge in [-0.15, -0.1) is 22.7 Å². The van der Waals surface area contributed by atoms with E-state index in [1.807, 2.05) is 41.9 Å². The Morgan fingerprint density at radius 3 is 2.28 bits per heavy atom. The van der Waals surface area contributed by atoms with Crippen LogP contribution in [-0.4, -0.2) is 54.2 Å². The molecule has 12 nitrogen and oxygen atoms in total. The Bertz CT molecular complexity index is 1510. The van der Waals surface area contributed by atoms with E-state index in [0.29, 0.717) is 36.6 Å². The minimum absolute atomic E-state index is 0.0554. The van der Waals surface area contributed by atoms with Gasteiger partial charge in [-0.25, -0.2) is 9.59 Å². The first-order valence-corrected chi connectivity index (χ1v) is 18.9. The second-order valence-corrected chi connectivity index (χ2v) is 14.4. The molecule has 1 aromatic carbocycles. The van der Waals surface area contributed by atoms with Crippen molar-refractivity contribution in [2.75, 3.05) is 6.79 Å². The number of carbonyl (C=O) groups is 4. The van der Waals surface area contributed by atoms with Gasteiger partial charge < -0.3 is 39.2 Å². The number of ether oxygens (including phenoxy) is 5. The smallest absolute Gasteiger partial charge is 0.454 e. The van der Waals surface area contributed by atoms with Crippen LogP contribution < -0.4 is 20.1 Å². The number of benzene rings is 1. The minimum Gasteiger partial charge on any atom is -0.454 e. The van der Waals surface area contributed by atoms with Gasteiger partial charge in [-0.05, 0) is 72.7 Å². The largest absolute Gasteiger partial charge is 0.511 e. The third-order valence-corrected chi connectivity index (χ3v) is 10.2. The quantitative estimate of drug-likeness (QED) is 0.114. The maximum absolute atomic E-state index is 14.1. The van der Waals surface area contributed by atoms with Crippen LogP contribution in [0.15, 0.2) is 53.2 Å². The lowest BCUT2D eigenvalue weighted by atomic mass is 9.98. The van der Waals surface area contributed by atoms with Crippen LogP contribution in [0.2, 0.25) is 0 Å². The van der Waals surface area contributed by atoms with Crippen molar-refractivity contribution < 1.29 is 42.9 Å². The predicted octanol–water partition coefficient (Wildman–Crippen LogP) is 7.43. The maximum atomic E-state index is 14.1. The second kappa shape index (κ2) is 18.6. The third kappa shape index (κ3) is 11.1. The number of nitrogens with zero attached hydrogens (tertiary/aromatic N) is 1. The summed E-state index contributed by atoms with van der Waals surface area (Å²) in [5, 5.41) is 9.71. The molecule has 270 valence electrons. The van der Waals surface area contributed by atoms with Gasteiger partial charge in [-0.2, -0.15) is 0 Å². The van der Waals surface area contributed by atoms with Crippen molar-refractivity contribution in [3.8, 4) is 11.5 Å². The molecule has 1 aliphatic carbocycles. The number of thiophene rings is 2. The Morgan fingerprint density at radius 2 is 1.62 bits per heavy atom. The number of esters is 1. The molecule has 3 atom stereocenters. The molecule has 1 unspecified atom stereocenters. The number of hydrogen-bond acceptors (Lipinski definition) is 11. The lowest BCUT2D eigenvalue weighted by Gasteiger charge is -2.28. The zero-order valence-electron chi connectivity index (χ0n) is 28.4. The number of rotatable bonds is 16. The fourth-order valence-corrected chi connectivity index (χ4v) is 7.36. The molecule has 0 spiro atoms. The monoisotopic (exact) mass is 727 g/mol. The summed E-state index contributed by atoms with van der Waals surface area (Å²) >= 11 is 3.14.